The summed E-state index contributed by atoms with van der Waals surface area (Å²) >= 11 is 0. The van der Waals surface area contributed by atoms with Gasteiger partial charge in [0.25, 0.3) is 5.69 Å². The van der Waals surface area contributed by atoms with Crippen LogP contribution < -0.4 is 5.32 Å². The third-order valence-electron chi connectivity index (χ3n) is 4.22. The Kier molecular flexibility index (Phi) is 5.35. The van der Waals surface area contributed by atoms with E-state index in [0.717, 1.165) is 18.2 Å². The van der Waals surface area contributed by atoms with Gasteiger partial charge in [0.2, 0.25) is 5.78 Å². The predicted molar refractivity (Wildman–Crippen MR) is 98.5 cm³/mol. The van der Waals surface area contributed by atoms with E-state index in [1.807, 2.05) is 0 Å². The third kappa shape index (κ3) is 4.42. The molecule has 0 saturated carbocycles. The number of anilines is 1. The lowest BCUT2D eigenvalue weighted by atomic mass is 10.1. The highest BCUT2D eigenvalue weighted by molar-refractivity contribution is 6.07. The number of nitrogens with zero attached hydrogens (tertiary/aromatic N) is 3. The lowest BCUT2D eigenvalue weighted by molar-refractivity contribution is -0.384. The zero-order chi connectivity index (χ0) is 21.2. The first-order valence-electron chi connectivity index (χ1n) is 8.37. The molecule has 1 aromatic heterocycles. The minimum Gasteiger partial charge on any atom is -0.375 e. The molecule has 0 fully saturated rings. The Morgan fingerprint density at radius 1 is 1.24 bits per heavy atom. The molecule has 3 aromatic rings. The molecule has 1 heterocycles. The van der Waals surface area contributed by atoms with Crippen LogP contribution in [-0.4, -0.2) is 20.3 Å². The van der Waals surface area contributed by atoms with Crippen LogP contribution in [0.1, 0.15) is 27.3 Å². The summed E-state index contributed by atoms with van der Waals surface area (Å²) in [6.07, 6.45) is -1.46. The van der Waals surface area contributed by atoms with Gasteiger partial charge in [-0.3, -0.25) is 14.9 Å². The summed E-state index contributed by atoms with van der Waals surface area (Å²) in [5, 5.41) is 14.2. The van der Waals surface area contributed by atoms with E-state index in [1.165, 1.54) is 35.0 Å². The van der Waals surface area contributed by atoms with Gasteiger partial charge in [-0.2, -0.15) is 13.2 Å². The topological polar surface area (TPSA) is 90.1 Å². The zero-order valence-corrected chi connectivity index (χ0v) is 15.1. The molecule has 0 aliphatic carbocycles. The molecule has 0 atom stereocenters. The molecule has 7 nitrogen and oxygen atoms in total. The number of hydrogen-bond donors (Lipinski definition) is 1. The second kappa shape index (κ2) is 7.74. The number of benzene rings is 2. The molecule has 2 aromatic carbocycles. The molecule has 0 aliphatic heterocycles. The first-order chi connectivity index (χ1) is 13.7. The number of aromatic nitrogens is 2. The van der Waals surface area contributed by atoms with Gasteiger partial charge >= 0.3 is 6.18 Å². The van der Waals surface area contributed by atoms with Crippen LogP contribution in [0.3, 0.4) is 0 Å². The van der Waals surface area contributed by atoms with E-state index in [1.54, 1.807) is 13.2 Å². The Morgan fingerprint density at radius 3 is 2.62 bits per heavy atom. The van der Waals surface area contributed by atoms with Gasteiger partial charge in [0.15, 0.2) is 5.82 Å². The Hall–Kier alpha value is -3.69. The SMILES string of the molecule is Cn1ccnc1C(=O)c1ccc(NCc2cccc(C(F)(F)F)c2)c([N+](=O)[O-])c1. The van der Waals surface area contributed by atoms with Crippen molar-refractivity contribution < 1.29 is 22.9 Å². The van der Waals surface area contributed by atoms with Crippen molar-refractivity contribution in [2.24, 2.45) is 7.05 Å². The van der Waals surface area contributed by atoms with Gasteiger partial charge < -0.3 is 9.88 Å². The summed E-state index contributed by atoms with van der Waals surface area (Å²) in [4.78, 5) is 27.2. The second-order valence-corrected chi connectivity index (χ2v) is 6.23. The number of carbonyl (C=O) groups excluding carboxylic acids is 1. The quantitative estimate of drug-likeness (QED) is 0.378. The molecular formula is C19H15F3N4O3. The van der Waals surface area contributed by atoms with Crippen molar-refractivity contribution in [2.45, 2.75) is 12.7 Å². The third-order valence-corrected chi connectivity index (χ3v) is 4.22. The fourth-order valence-corrected chi connectivity index (χ4v) is 2.74. The molecule has 0 bridgehead atoms. The lowest BCUT2D eigenvalue weighted by Crippen LogP contribution is -2.10. The van der Waals surface area contributed by atoms with Crippen molar-refractivity contribution in [2.75, 3.05) is 5.32 Å². The molecule has 0 unspecified atom stereocenters. The highest BCUT2D eigenvalue weighted by Crippen LogP contribution is 2.30. The van der Waals surface area contributed by atoms with Crippen LogP contribution in [0.2, 0.25) is 0 Å². The van der Waals surface area contributed by atoms with Crippen LogP contribution in [0.25, 0.3) is 0 Å². The second-order valence-electron chi connectivity index (χ2n) is 6.23. The van der Waals surface area contributed by atoms with Crippen LogP contribution in [0, 0.1) is 10.1 Å². The van der Waals surface area contributed by atoms with Crippen molar-refractivity contribution in [1.29, 1.82) is 0 Å². The van der Waals surface area contributed by atoms with Gasteiger partial charge in [-0.25, -0.2) is 4.98 Å². The summed E-state index contributed by atoms with van der Waals surface area (Å²) < 4.78 is 39.9. The van der Waals surface area contributed by atoms with Crippen molar-refractivity contribution in [3.8, 4) is 0 Å². The molecule has 150 valence electrons. The fourth-order valence-electron chi connectivity index (χ4n) is 2.74. The number of halogens is 3. The maximum Gasteiger partial charge on any atom is 0.416 e. The maximum atomic E-state index is 12.8. The number of carbonyl (C=O) groups is 1. The molecule has 10 heteroatoms. The van der Waals surface area contributed by atoms with E-state index in [9.17, 15) is 28.1 Å². The number of nitro groups is 1. The van der Waals surface area contributed by atoms with E-state index >= 15 is 0 Å². The van der Waals surface area contributed by atoms with Gasteiger partial charge in [0.1, 0.15) is 5.69 Å². The summed E-state index contributed by atoms with van der Waals surface area (Å²) in [5.41, 5.74) is -0.693. The highest BCUT2D eigenvalue weighted by atomic mass is 19.4. The number of rotatable bonds is 6. The minimum absolute atomic E-state index is 0.0581. The van der Waals surface area contributed by atoms with Gasteiger partial charge in [0.05, 0.1) is 10.5 Å². The van der Waals surface area contributed by atoms with E-state index in [4.69, 9.17) is 0 Å². The number of imidazole rings is 1. The molecule has 0 radical (unpaired) electrons. The monoisotopic (exact) mass is 404 g/mol. The van der Waals surface area contributed by atoms with Crippen LogP contribution in [-0.2, 0) is 19.8 Å². The van der Waals surface area contributed by atoms with Crippen molar-refractivity contribution in [1.82, 2.24) is 9.55 Å². The molecule has 29 heavy (non-hydrogen) atoms. The zero-order valence-electron chi connectivity index (χ0n) is 15.1. The van der Waals surface area contributed by atoms with E-state index in [0.29, 0.717) is 5.56 Å². The number of nitro benzene ring substituents is 1. The van der Waals surface area contributed by atoms with Crippen molar-refractivity contribution in [3.05, 3.63) is 87.5 Å². The molecule has 0 amide bonds. The number of aryl methyl sites for hydroxylation is 1. The molecule has 0 saturated heterocycles. The Labute approximate surface area is 163 Å². The number of nitrogens with one attached hydrogen (secondary N) is 1. The van der Waals surface area contributed by atoms with Crippen molar-refractivity contribution >= 4 is 17.2 Å². The highest BCUT2D eigenvalue weighted by Gasteiger charge is 2.30. The van der Waals surface area contributed by atoms with E-state index < -0.39 is 22.4 Å². The number of alkyl halides is 3. The molecule has 0 aliphatic rings. The summed E-state index contributed by atoms with van der Waals surface area (Å²) in [6, 6.07) is 8.53. The first-order valence-corrected chi connectivity index (χ1v) is 8.37. The van der Waals surface area contributed by atoms with Crippen LogP contribution in [0.4, 0.5) is 24.5 Å². The Balaban J connectivity index is 1.84. The van der Waals surface area contributed by atoms with Crippen LogP contribution in [0.15, 0.2) is 54.9 Å². The van der Waals surface area contributed by atoms with Gasteiger partial charge in [0, 0.05) is 37.6 Å². The normalized spacial score (nSPS) is 11.3. The number of hydrogen-bond acceptors (Lipinski definition) is 5. The minimum atomic E-state index is -4.48. The smallest absolute Gasteiger partial charge is 0.375 e. The average molecular weight is 404 g/mol. The van der Waals surface area contributed by atoms with Gasteiger partial charge in [-0.15, -0.1) is 0 Å². The van der Waals surface area contributed by atoms with Crippen molar-refractivity contribution in [3.63, 3.8) is 0 Å². The molecular weight excluding hydrogens is 389 g/mol. The maximum absolute atomic E-state index is 12.8. The van der Waals surface area contributed by atoms with E-state index in [-0.39, 0.29) is 29.3 Å². The first kappa shape index (κ1) is 20.1. The van der Waals surface area contributed by atoms with Crippen LogP contribution in [0.5, 0.6) is 0 Å². The average Bonchev–Trinajstić information content (AvgIpc) is 3.11. The molecule has 1 N–H and O–H groups in total. The summed E-state index contributed by atoms with van der Waals surface area (Å²) in [6.45, 7) is -0.0581. The number of ketones is 1. The Morgan fingerprint density at radius 2 is 2.00 bits per heavy atom. The summed E-state index contributed by atoms with van der Waals surface area (Å²) in [5.74, 6) is -0.353. The largest absolute Gasteiger partial charge is 0.416 e. The molecule has 3 rings (SSSR count). The lowest BCUT2D eigenvalue weighted by Gasteiger charge is -2.11. The Bertz CT molecular complexity index is 1080. The van der Waals surface area contributed by atoms with Gasteiger partial charge in [-0.1, -0.05) is 12.1 Å². The molecule has 0 spiro atoms. The summed E-state index contributed by atoms with van der Waals surface area (Å²) in [7, 11) is 1.62. The standard InChI is InChI=1S/C19H15F3N4O3/c1-25-8-7-23-18(25)17(27)13-5-6-15(16(10-13)26(28)29)24-11-12-3-2-4-14(9-12)19(20,21)22/h2-10,24H,11H2,1H3. The van der Waals surface area contributed by atoms with Crippen LogP contribution >= 0.6 is 0 Å². The van der Waals surface area contributed by atoms with Gasteiger partial charge in [-0.05, 0) is 29.8 Å². The predicted octanol–water partition coefficient (Wildman–Crippen LogP) is 4.19. The fraction of sp³-hybridized carbons (Fsp3) is 0.158. The van der Waals surface area contributed by atoms with E-state index in [2.05, 4.69) is 10.3 Å².